The molecule has 1 fully saturated rings. The fourth-order valence-electron chi connectivity index (χ4n) is 3.71. The van der Waals surface area contributed by atoms with E-state index >= 15 is 0 Å². The summed E-state index contributed by atoms with van der Waals surface area (Å²) >= 11 is 6.14. The third-order valence-corrected chi connectivity index (χ3v) is 5.74. The van der Waals surface area contributed by atoms with Crippen LogP contribution in [-0.2, 0) is 16.0 Å². The first-order chi connectivity index (χ1) is 14.8. The lowest BCUT2D eigenvalue weighted by molar-refractivity contribution is -0.193. The highest BCUT2D eigenvalue weighted by Gasteiger charge is 2.32. The van der Waals surface area contributed by atoms with Crippen LogP contribution in [0.15, 0.2) is 36.4 Å². The molecule has 2 aliphatic rings. The van der Waals surface area contributed by atoms with E-state index in [1.807, 2.05) is 13.0 Å². The van der Waals surface area contributed by atoms with E-state index in [0.29, 0.717) is 17.1 Å². The number of amides is 2. The van der Waals surface area contributed by atoms with Gasteiger partial charge >= 0.3 is 5.97 Å². The van der Waals surface area contributed by atoms with Crippen LogP contribution in [0.4, 0.5) is 0 Å². The minimum atomic E-state index is -1.17. The van der Waals surface area contributed by atoms with E-state index in [9.17, 15) is 19.5 Å². The minimum absolute atomic E-state index is 0.0713. The normalized spacial score (nSPS) is 20.5. The van der Waals surface area contributed by atoms with Crippen molar-refractivity contribution in [2.45, 2.75) is 25.8 Å². The zero-order valence-corrected chi connectivity index (χ0v) is 17.5. The van der Waals surface area contributed by atoms with Crippen molar-refractivity contribution in [2.24, 2.45) is 0 Å². The monoisotopic (exact) mass is 444 g/mol. The Hall–Kier alpha value is -2.94. The number of aryl methyl sites for hydroxylation is 1. The second-order valence-electron chi connectivity index (χ2n) is 7.56. The Morgan fingerprint density at radius 1 is 1.19 bits per heavy atom. The summed E-state index contributed by atoms with van der Waals surface area (Å²) in [5.74, 6) is -1.80. The van der Waals surface area contributed by atoms with E-state index in [0.717, 1.165) is 11.1 Å². The minimum Gasteiger partial charge on any atom is -0.478 e. The van der Waals surface area contributed by atoms with Gasteiger partial charge in [0.25, 0.3) is 11.8 Å². The van der Waals surface area contributed by atoms with Gasteiger partial charge in [-0.05, 0) is 36.2 Å². The summed E-state index contributed by atoms with van der Waals surface area (Å²) in [6.45, 7) is 2.98. The van der Waals surface area contributed by atoms with Crippen molar-refractivity contribution >= 4 is 29.4 Å². The number of hydrogen-bond donors (Lipinski definition) is 2. The number of nitrogens with zero attached hydrogens (tertiary/aromatic N) is 1. The van der Waals surface area contributed by atoms with Crippen molar-refractivity contribution < 1.29 is 29.0 Å². The Morgan fingerprint density at radius 3 is 2.55 bits per heavy atom. The van der Waals surface area contributed by atoms with Crippen molar-refractivity contribution in [2.75, 3.05) is 19.8 Å². The topological polar surface area (TPSA) is 105 Å². The summed E-state index contributed by atoms with van der Waals surface area (Å²) in [4.78, 5) is 38.1. The van der Waals surface area contributed by atoms with Gasteiger partial charge in [0, 0.05) is 17.1 Å². The van der Waals surface area contributed by atoms with Crippen LogP contribution < -0.4 is 5.32 Å². The molecule has 0 aromatic heterocycles. The first kappa shape index (κ1) is 21.3. The van der Waals surface area contributed by atoms with Crippen molar-refractivity contribution in [1.82, 2.24) is 10.2 Å². The lowest BCUT2D eigenvalue weighted by atomic mass is 10.1. The Morgan fingerprint density at radius 2 is 1.87 bits per heavy atom. The molecule has 2 N–H and O–H groups in total. The maximum atomic E-state index is 12.6. The standard InChI is InChI=1S/C22H21ClN2O6/c1-12-6-13-8-25(21(27)17(13)7-18(12)23)9-19-30-10-14(11-31-19)24-20(26)15-4-2-3-5-16(15)22(28)29/h2-7,14,19H,8-11H2,1H3,(H,24,26)(H,28,29). The Labute approximate surface area is 183 Å². The van der Waals surface area contributed by atoms with E-state index in [1.54, 1.807) is 23.1 Å². The molecule has 162 valence electrons. The quantitative estimate of drug-likeness (QED) is 0.734. The van der Waals surface area contributed by atoms with Gasteiger partial charge < -0.3 is 24.8 Å². The molecule has 0 radical (unpaired) electrons. The zero-order valence-electron chi connectivity index (χ0n) is 16.8. The first-order valence-electron chi connectivity index (χ1n) is 9.78. The Balaban J connectivity index is 1.31. The highest BCUT2D eigenvalue weighted by Crippen LogP contribution is 2.29. The number of benzene rings is 2. The van der Waals surface area contributed by atoms with Gasteiger partial charge in [0.15, 0.2) is 6.29 Å². The van der Waals surface area contributed by atoms with Gasteiger partial charge in [-0.2, -0.15) is 0 Å². The highest BCUT2D eigenvalue weighted by atomic mass is 35.5. The molecule has 0 atom stereocenters. The number of carboxylic acids is 1. The number of rotatable bonds is 5. The van der Waals surface area contributed by atoms with Gasteiger partial charge in [-0.15, -0.1) is 0 Å². The lowest BCUT2D eigenvalue weighted by Crippen LogP contribution is -2.49. The smallest absolute Gasteiger partial charge is 0.336 e. The molecule has 4 rings (SSSR count). The summed E-state index contributed by atoms with van der Waals surface area (Å²) in [6.07, 6.45) is -0.616. The van der Waals surface area contributed by atoms with E-state index < -0.39 is 24.2 Å². The number of carbonyl (C=O) groups excluding carboxylic acids is 2. The van der Waals surface area contributed by atoms with Gasteiger partial charge in [-0.1, -0.05) is 29.8 Å². The molecule has 9 heteroatoms. The number of halogens is 1. The van der Waals surface area contributed by atoms with Gasteiger partial charge in [-0.25, -0.2) is 4.79 Å². The number of hydrogen-bond acceptors (Lipinski definition) is 5. The molecule has 1 saturated heterocycles. The highest BCUT2D eigenvalue weighted by molar-refractivity contribution is 6.31. The predicted octanol–water partition coefficient (Wildman–Crippen LogP) is 2.47. The van der Waals surface area contributed by atoms with Crippen LogP contribution >= 0.6 is 11.6 Å². The molecule has 0 spiro atoms. The molecule has 2 amide bonds. The van der Waals surface area contributed by atoms with Crippen molar-refractivity contribution in [3.63, 3.8) is 0 Å². The fourth-order valence-corrected chi connectivity index (χ4v) is 3.87. The third kappa shape index (κ3) is 4.41. The van der Waals surface area contributed by atoms with Crippen LogP contribution in [0.2, 0.25) is 5.02 Å². The maximum absolute atomic E-state index is 12.6. The van der Waals surface area contributed by atoms with Crippen LogP contribution in [0.3, 0.4) is 0 Å². The predicted molar refractivity (Wildman–Crippen MR) is 111 cm³/mol. The Bertz CT molecular complexity index is 1050. The summed E-state index contributed by atoms with van der Waals surface area (Å²) in [5.41, 5.74) is 2.44. The number of carboxylic acid groups (broad SMARTS) is 1. The second kappa shape index (κ2) is 8.66. The maximum Gasteiger partial charge on any atom is 0.336 e. The van der Waals surface area contributed by atoms with Crippen molar-refractivity contribution in [3.8, 4) is 0 Å². The number of ether oxygens (including phenoxy) is 2. The molecule has 2 aromatic carbocycles. The zero-order chi connectivity index (χ0) is 22.1. The van der Waals surface area contributed by atoms with Crippen molar-refractivity contribution in [1.29, 1.82) is 0 Å². The average molecular weight is 445 g/mol. The SMILES string of the molecule is Cc1cc2c(cc1Cl)C(=O)N(CC1OCC(NC(=O)c3ccccc3C(=O)O)CO1)C2. The van der Waals surface area contributed by atoms with Crippen LogP contribution in [0.1, 0.15) is 42.2 Å². The average Bonchev–Trinajstić information content (AvgIpc) is 3.04. The summed E-state index contributed by atoms with van der Waals surface area (Å²) in [6, 6.07) is 9.17. The summed E-state index contributed by atoms with van der Waals surface area (Å²) < 4.78 is 11.4. The van der Waals surface area contributed by atoms with E-state index in [4.69, 9.17) is 21.1 Å². The van der Waals surface area contributed by atoms with Crippen LogP contribution in [0.25, 0.3) is 0 Å². The molecule has 8 nitrogen and oxygen atoms in total. The summed E-state index contributed by atoms with van der Waals surface area (Å²) in [5, 5.41) is 12.5. The molecule has 0 aliphatic carbocycles. The molecule has 0 unspecified atom stereocenters. The largest absolute Gasteiger partial charge is 0.478 e. The van der Waals surface area contributed by atoms with Gasteiger partial charge in [0.1, 0.15) is 0 Å². The van der Waals surface area contributed by atoms with E-state index in [-0.39, 0.29) is 36.8 Å². The van der Waals surface area contributed by atoms with Crippen LogP contribution in [0.5, 0.6) is 0 Å². The van der Waals surface area contributed by atoms with Crippen molar-refractivity contribution in [3.05, 3.63) is 69.2 Å². The molecule has 2 heterocycles. The van der Waals surface area contributed by atoms with Gasteiger partial charge in [0.05, 0.1) is 36.9 Å². The number of fused-ring (bicyclic) bond motifs is 1. The molecule has 0 bridgehead atoms. The molecule has 31 heavy (non-hydrogen) atoms. The number of nitrogens with one attached hydrogen (secondary N) is 1. The summed E-state index contributed by atoms with van der Waals surface area (Å²) in [7, 11) is 0. The molecular formula is C22H21ClN2O6. The second-order valence-corrected chi connectivity index (χ2v) is 7.97. The van der Waals surface area contributed by atoms with E-state index in [1.165, 1.54) is 12.1 Å². The first-order valence-corrected chi connectivity index (χ1v) is 10.2. The molecule has 0 saturated carbocycles. The van der Waals surface area contributed by atoms with Crippen LogP contribution in [0, 0.1) is 6.92 Å². The lowest BCUT2D eigenvalue weighted by Gasteiger charge is -2.32. The molecule has 2 aliphatic heterocycles. The Kier molecular flexibility index (Phi) is 5.95. The molecular weight excluding hydrogens is 424 g/mol. The van der Waals surface area contributed by atoms with Gasteiger partial charge in [0.2, 0.25) is 0 Å². The fraction of sp³-hybridized carbons (Fsp3) is 0.318. The van der Waals surface area contributed by atoms with Crippen LogP contribution in [-0.4, -0.2) is 59.9 Å². The number of carbonyl (C=O) groups is 3. The molecule has 2 aromatic rings. The number of aromatic carboxylic acids is 1. The van der Waals surface area contributed by atoms with E-state index in [2.05, 4.69) is 5.32 Å². The van der Waals surface area contributed by atoms with Gasteiger partial charge in [-0.3, -0.25) is 9.59 Å². The third-order valence-electron chi connectivity index (χ3n) is 5.34.